The van der Waals surface area contributed by atoms with Crippen LogP contribution in [-0.4, -0.2) is 16.9 Å². The van der Waals surface area contributed by atoms with E-state index in [2.05, 4.69) is 13.5 Å². The number of allylic oxidation sites excluding steroid dienone is 1. The van der Waals surface area contributed by atoms with Crippen molar-refractivity contribution in [3.8, 4) is 0 Å². The summed E-state index contributed by atoms with van der Waals surface area (Å²) in [4.78, 5) is 23.3. The zero-order valence-electron chi connectivity index (χ0n) is 11.2. The highest BCUT2D eigenvalue weighted by Gasteiger charge is 2.48. The Hall–Kier alpha value is -1.12. The molecule has 0 heterocycles. The second-order valence-electron chi connectivity index (χ2n) is 6.33. The third-order valence-corrected chi connectivity index (χ3v) is 5.05. The van der Waals surface area contributed by atoms with Gasteiger partial charge in [-0.05, 0) is 37.0 Å². The summed E-state index contributed by atoms with van der Waals surface area (Å²) >= 11 is 0. The maximum absolute atomic E-state index is 12.2. The van der Waals surface area contributed by atoms with Crippen molar-refractivity contribution in [1.29, 1.82) is 0 Å². The molecule has 0 aliphatic heterocycles. The lowest BCUT2D eigenvalue weighted by molar-refractivity contribution is -0.149. The summed E-state index contributed by atoms with van der Waals surface area (Å²) in [5.41, 5.74) is 1.25. The van der Waals surface area contributed by atoms with Gasteiger partial charge in [-0.2, -0.15) is 0 Å². The van der Waals surface area contributed by atoms with Gasteiger partial charge < -0.3 is 5.11 Å². The molecule has 0 aromatic heterocycles. The predicted molar refractivity (Wildman–Crippen MR) is 69.1 cm³/mol. The zero-order valence-corrected chi connectivity index (χ0v) is 11.2. The third-order valence-electron chi connectivity index (χ3n) is 5.05. The fraction of sp³-hybridized carbons (Fsp3) is 0.733. The number of carboxylic acids is 1. The fourth-order valence-electron chi connectivity index (χ4n) is 3.79. The van der Waals surface area contributed by atoms with Gasteiger partial charge in [-0.15, -0.1) is 0 Å². The van der Waals surface area contributed by atoms with Crippen LogP contribution in [0.1, 0.15) is 46.0 Å². The molecule has 0 spiro atoms. The largest absolute Gasteiger partial charge is 0.481 e. The molecular formula is C15H22O3. The van der Waals surface area contributed by atoms with Gasteiger partial charge in [0.25, 0.3) is 0 Å². The number of aliphatic carboxylic acids is 1. The van der Waals surface area contributed by atoms with Crippen molar-refractivity contribution in [2.45, 2.75) is 46.0 Å². The molecule has 0 radical (unpaired) electrons. The van der Waals surface area contributed by atoms with Gasteiger partial charge >= 0.3 is 5.97 Å². The predicted octanol–water partition coefficient (Wildman–Crippen LogP) is 3.05. The molecule has 100 valence electrons. The maximum atomic E-state index is 12.2. The molecule has 2 aliphatic carbocycles. The second-order valence-corrected chi connectivity index (χ2v) is 6.33. The summed E-state index contributed by atoms with van der Waals surface area (Å²) in [6, 6.07) is 0. The topological polar surface area (TPSA) is 54.4 Å². The minimum atomic E-state index is -0.863. The molecule has 3 nitrogen and oxygen atoms in total. The number of Topliss-reactive ketones (excluding diaryl/α,β-unsaturated/α-hetero) is 1. The molecule has 2 rings (SSSR count). The highest BCUT2D eigenvalue weighted by molar-refractivity contribution is 5.87. The highest BCUT2D eigenvalue weighted by Crippen LogP contribution is 2.53. The van der Waals surface area contributed by atoms with E-state index >= 15 is 0 Å². The van der Waals surface area contributed by atoms with Gasteiger partial charge in [-0.1, -0.05) is 26.0 Å². The second kappa shape index (κ2) is 4.52. The molecule has 2 fully saturated rings. The zero-order chi connectivity index (χ0) is 13.5. The van der Waals surface area contributed by atoms with Crippen LogP contribution in [0.2, 0.25) is 0 Å². The lowest BCUT2D eigenvalue weighted by Gasteiger charge is -2.48. The smallest absolute Gasteiger partial charge is 0.306 e. The lowest BCUT2D eigenvalue weighted by atomic mass is 9.55. The normalized spacial score (nSPS) is 38.1. The Bertz CT molecular complexity index is 399. The SMILES string of the molecule is C=C1CCC[C@]2(C)CC(=O)[C@H](C(C)C(=O)O)C[C@@H]12. The first-order valence-corrected chi connectivity index (χ1v) is 6.78. The van der Waals surface area contributed by atoms with Crippen molar-refractivity contribution in [2.24, 2.45) is 23.2 Å². The minimum Gasteiger partial charge on any atom is -0.481 e. The molecule has 0 aromatic carbocycles. The number of carbonyl (C=O) groups excluding carboxylic acids is 1. The van der Waals surface area contributed by atoms with E-state index in [1.165, 1.54) is 5.57 Å². The quantitative estimate of drug-likeness (QED) is 0.766. The summed E-state index contributed by atoms with van der Waals surface area (Å²) in [5, 5.41) is 9.10. The van der Waals surface area contributed by atoms with Gasteiger partial charge in [0, 0.05) is 12.3 Å². The van der Waals surface area contributed by atoms with Crippen molar-refractivity contribution < 1.29 is 14.7 Å². The van der Waals surface area contributed by atoms with E-state index in [-0.39, 0.29) is 17.1 Å². The lowest BCUT2D eigenvalue weighted by Crippen LogP contribution is -2.45. The average Bonchev–Trinajstić information content (AvgIpc) is 2.26. The Balaban J connectivity index is 2.23. The fourth-order valence-corrected chi connectivity index (χ4v) is 3.79. The Labute approximate surface area is 108 Å². The molecule has 0 bridgehead atoms. The minimum absolute atomic E-state index is 0.0289. The molecule has 1 unspecified atom stereocenters. The number of carboxylic acid groups (broad SMARTS) is 1. The van der Waals surface area contributed by atoms with Crippen LogP contribution in [0, 0.1) is 23.2 Å². The van der Waals surface area contributed by atoms with E-state index in [4.69, 9.17) is 5.11 Å². The van der Waals surface area contributed by atoms with E-state index < -0.39 is 11.9 Å². The number of hydrogen-bond donors (Lipinski definition) is 1. The molecule has 18 heavy (non-hydrogen) atoms. The van der Waals surface area contributed by atoms with Crippen molar-refractivity contribution in [2.75, 3.05) is 0 Å². The third kappa shape index (κ3) is 2.11. The molecule has 1 N–H and O–H groups in total. The van der Waals surface area contributed by atoms with E-state index in [0.29, 0.717) is 18.8 Å². The van der Waals surface area contributed by atoms with Gasteiger partial charge in [0.15, 0.2) is 0 Å². The first-order chi connectivity index (χ1) is 8.35. The Morgan fingerprint density at radius 3 is 2.83 bits per heavy atom. The first kappa shape index (κ1) is 13.3. The molecule has 2 aliphatic rings. The van der Waals surface area contributed by atoms with Crippen LogP contribution in [-0.2, 0) is 9.59 Å². The Morgan fingerprint density at radius 1 is 1.56 bits per heavy atom. The molecule has 2 saturated carbocycles. The van der Waals surface area contributed by atoms with Gasteiger partial charge in [0.1, 0.15) is 5.78 Å². The van der Waals surface area contributed by atoms with Gasteiger partial charge in [0.05, 0.1) is 5.92 Å². The number of hydrogen-bond acceptors (Lipinski definition) is 2. The standard InChI is InChI=1S/C15H22O3/c1-9-5-4-6-15(3)8-13(16)11(7-12(9)15)10(2)14(17)18/h10-12H,1,4-8H2,2-3H3,(H,17,18)/t10?,11-,12-,15+/m0/s1. The van der Waals surface area contributed by atoms with Crippen LogP contribution in [0.5, 0.6) is 0 Å². The summed E-state index contributed by atoms with van der Waals surface area (Å²) in [5.74, 6) is -1.29. The molecule has 0 amide bonds. The Kier molecular flexibility index (Phi) is 3.35. The van der Waals surface area contributed by atoms with Crippen LogP contribution in [0.25, 0.3) is 0 Å². The van der Waals surface area contributed by atoms with E-state index in [1.807, 2.05) is 0 Å². The molecule has 3 heteroatoms. The van der Waals surface area contributed by atoms with Gasteiger partial charge in [-0.25, -0.2) is 0 Å². The van der Waals surface area contributed by atoms with Crippen LogP contribution in [0.15, 0.2) is 12.2 Å². The summed E-state index contributed by atoms with van der Waals surface area (Å²) in [6.45, 7) is 7.97. The van der Waals surface area contributed by atoms with Crippen LogP contribution >= 0.6 is 0 Å². The maximum Gasteiger partial charge on any atom is 0.306 e. The monoisotopic (exact) mass is 250 g/mol. The van der Waals surface area contributed by atoms with E-state index in [1.54, 1.807) is 6.92 Å². The number of fused-ring (bicyclic) bond motifs is 1. The number of ketones is 1. The van der Waals surface area contributed by atoms with Gasteiger partial charge in [0.2, 0.25) is 0 Å². The van der Waals surface area contributed by atoms with Crippen LogP contribution < -0.4 is 0 Å². The molecule has 4 atom stereocenters. The summed E-state index contributed by atoms with van der Waals surface area (Å²) in [6.07, 6.45) is 4.41. The van der Waals surface area contributed by atoms with Crippen LogP contribution in [0.3, 0.4) is 0 Å². The van der Waals surface area contributed by atoms with Crippen molar-refractivity contribution in [1.82, 2.24) is 0 Å². The van der Waals surface area contributed by atoms with E-state index in [9.17, 15) is 9.59 Å². The summed E-state index contributed by atoms with van der Waals surface area (Å²) in [7, 11) is 0. The molecular weight excluding hydrogens is 228 g/mol. The van der Waals surface area contributed by atoms with E-state index in [0.717, 1.165) is 19.3 Å². The van der Waals surface area contributed by atoms with Crippen molar-refractivity contribution >= 4 is 11.8 Å². The molecule has 0 saturated heterocycles. The first-order valence-electron chi connectivity index (χ1n) is 6.78. The molecule has 0 aromatic rings. The average molecular weight is 250 g/mol. The van der Waals surface area contributed by atoms with Gasteiger partial charge in [-0.3, -0.25) is 9.59 Å². The van der Waals surface area contributed by atoms with Crippen molar-refractivity contribution in [3.63, 3.8) is 0 Å². The highest BCUT2D eigenvalue weighted by atomic mass is 16.4. The number of carbonyl (C=O) groups is 2. The van der Waals surface area contributed by atoms with Crippen LogP contribution in [0.4, 0.5) is 0 Å². The Morgan fingerprint density at radius 2 is 2.22 bits per heavy atom. The number of rotatable bonds is 2. The van der Waals surface area contributed by atoms with Crippen molar-refractivity contribution in [3.05, 3.63) is 12.2 Å². The summed E-state index contributed by atoms with van der Waals surface area (Å²) < 4.78 is 0.